The molecular weight excluding hydrogens is 384 g/mol. The second-order valence-corrected chi connectivity index (χ2v) is 7.99. The molecule has 3 heteroatoms. The van der Waals surface area contributed by atoms with Gasteiger partial charge in [0.15, 0.2) is 5.78 Å². The minimum absolute atomic E-state index is 0.0451. The number of ketones is 2. The summed E-state index contributed by atoms with van der Waals surface area (Å²) in [4.78, 5) is 27.0. The van der Waals surface area contributed by atoms with Crippen LogP contribution in [0.5, 0.6) is 0 Å². The normalized spacial score (nSPS) is 20.0. The molecule has 3 rings (SSSR count). The molecule has 0 bridgehead atoms. The van der Waals surface area contributed by atoms with Crippen molar-refractivity contribution in [3.05, 3.63) is 108 Å². The van der Waals surface area contributed by atoms with Gasteiger partial charge in [0.05, 0.1) is 18.9 Å². The van der Waals surface area contributed by atoms with Crippen molar-refractivity contribution in [2.24, 2.45) is 11.8 Å². The molecule has 160 valence electrons. The quantitative estimate of drug-likeness (QED) is 0.357. The second kappa shape index (κ2) is 10.7. The number of carbonyl (C=O) groups is 2. The molecule has 3 atom stereocenters. The number of Topliss-reactive ketones (excluding diaryl/α,β-unsaturated/α-hetero) is 2. The molecule has 3 nitrogen and oxygen atoms in total. The zero-order valence-electron chi connectivity index (χ0n) is 18.1. The Hall–Kier alpha value is -3.20. The smallest absolute Gasteiger partial charge is 0.170 e. The van der Waals surface area contributed by atoms with Crippen molar-refractivity contribution in [1.82, 2.24) is 0 Å². The molecule has 0 aromatic heterocycles. The summed E-state index contributed by atoms with van der Waals surface area (Å²) in [6.45, 7) is 7.72. The van der Waals surface area contributed by atoms with Crippen LogP contribution in [0.1, 0.15) is 47.5 Å². The largest absolute Gasteiger partial charge is 0.500 e. The second-order valence-electron chi connectivity index (χ2n) is 7.99. The van der Waals surface area contributed by atoms with Gasteiger partial charge in [0.2, 0.25) is 0 Å². The van der Waals surface area contributed by atoms with Crippen LogP contribution in [0.25, 0.3) is 0 Å². The van der Waals surface area contributed by atoms with Crippen molar-refractivity contribution in [1.29, 1.82) is 0 Å². The molecule has 2 aromatic carbocycles. The van der Waals surface area contributed by atoms with Crippen LogP contribution in [0.3, 0.4) is 0 Å². The number of carbonyl (C=O) groups excluding carboxylic acids is 2. The van der Waals surface area contributed by atoms with Gasteiger partial charge in [0.1, 0.15) is 11.5 Å². The van der Waals surface area contributed by atoms with Gasteiger partial charge < -0.3 is 4.74 Å². The van der Waals surface area contributed by atoms with Crippen LogP contribution in [-0.4, -0.2) is 18.7 Å². The molecule has 0 unspecified atom stereocenters. The number of ether oxygens (including phenoxy) is 1. The third-order valence-electron chi connectivity index (χ3n) is 6.01. The summed E-state index contributed by atoms with van der Waals surface area (Å²) in [6, 6.07) is 19.1. The monoisotopic (exact) mass is 414 g/mol. The summed E-state index contributed by atoms with van der Waals surface area (Å²) in [6.07, 6.45) is 5.69. The highest BCUT2D eigenvalue weighted by Crippen LogP contribution is 2.41. The highest BCUT2D eigenvalue weighted by Gasteiger charge is 2.38. The minimum atomic E-state index is -0.409. The Morgan fingerprint density at radius 3 is 2.26 bits per heavy atom. The van der Waals surface area contributed by atoms with Gasteiger partial charge in [-0.3, -0.25) is 9.59 Å². The molecule has 0 fully saturated rings. The summed E-state index contributed by atoms with van der Waals surface area (Å²) in [5.74, 6) is -0.0613. The highest BCUT2D eigenvalue weighted by atomic mass is 16.5. The van der Waals surface area contributed by atoms with Gasteiger partial charge >= 0.3 is 0 Å². The fourth-order valence-corrected chi connectivity index (χ4v) is 4.65. The molecule has 0 N–H and O–H groups in total. The summed E-state index contributed by atoms with van der Waals surface area (Å²) in [7, 11) is 1.62. The van der Waals surface area contributed by atoms with Gasteiger partial charge in [-0.05, 0) is 36.3 Å². The lowest BCUT2D eigenvalue weighted by atomic mass is 9.75. The van der Waals surface area contributed by atoms with E-state index >= 15 is 0 Å². The van der Waals surface area contributed by atoms with E-state index in [2.05, 4.69) is 13.2 Å². The van der Waals surface area contributed by atoms with Crippen molar-refractivity contribution in [2.45, 2.75) is 31.6 Å². The van der Waals surface area contributed by atoms with Gasteiger partial charge in [-0.15, -0.1) is 13.2 Å². The van der Waals surface area contributed by atoms with Crippen LogP contribution in [0.2, 0.25) is 0 Å². The van der Waals surface area contributed by atoms with E-state index in [0.717, 1.165) is 11.1 Å². The van der Waals surface area contributed by atoms with E-state index in [-0.39, 0.29) is 23.4 Å². The molecule has 0 heterocycles. The van der Waals surface area contributed by atoms with Gasteiger partial charge in [-0.1, -0.05) is 72.8 Å². The average Bonchev–Trinajstić information content (AvgIpc) is 2.92. The number of rotatable bonds is 9. The maximum absolute atomic E-state index is 13.7. The lowest BCUT2D eigenvalue weighted by Gasteiger charge is -2.26. The lowest BCUT2D eigenvalue weighted by Crippen LogP contribution is -2.25. The molecule has 31 heavy (non-hydrogen) atoms. The molecule has 0 spiro atoms. The molecule has 0 aliphatic heterocycles. The Morgan fingerprint density at radius 1 is 1.03 bits per heavy atom. The van der Waals surface area contributed by atoms with Crippen LogP contribution >= 0.6 is 0 Å². The third-order valence-corrected chi connectivity index (χ3v) is 6.01. The Kier molecular flexibility index (Phi) is 7.77. The fraction of sp³-hybridized carbons (Fsp3) is 0.286. The topological polar surface area (TPSA) is 43.4 Å². The SMILES string of the molecule is C=CCC1=C(OC)[C@@H](CC=C)C(=O)C[C@@H]([C@H](C(=O)c2ccccc2)c2ccccc2)C1. The maximum Gasteiger partial charge on any atom is 0.170 e. The first-order valence-electron chi connectivity index (χ1n) is 10.7. The number of benzene rings is 2. The number of hydrogen-bond acceptors (Lipinski definition) is 3. The first-order valence-corrected chi connectivity index (χ1v) is 10.7. The van der Waals surface area contributed by atoms with Crippen LogP contribution in [-0.2, 0) is 9.53 Å². The van der Waals surface area contributed by atoms with E-state index in [1.54, 1.807) is 13.2 Å². The van der Waals surface area contributed by atoms with Crippen LogP contribution in [0.15, 0.2) is 97.3 Å². The van der Waals surface area contributed by atoms with Gasteiger partial charge in [-0.25, -0.2) is 0 Å². The summed E-state index contributed by atoms with van der Waals surface area (Å²) in [5, 5.41) is 0. The molecule has 0 amide bonds. The Balaban J connectivity index is 2.09. The zero-order valence-corrected chi connectivity index (χ0v) is 18.1. The van der Waals surface area contributed by atoms with Gasteiger partial charge in [-0.2, -0.15) is 0 Å². The van der Waals surface area contributed by atoms with E-state index in [1.807, 2.05) is 66.7 Å². The minimum Gasteiger partial charge on any atom is -0.500 e. The first-order chi connectivity index (χ1) is 15.1. The highest BCUT2D eigenvalue weighted by molar-refractivity contribution is 6.01. The summed E-state index contributed by atoms with van der Waals surface area (Å²) < 4.78 is 5.73. The third kappa shape index (κ3) is 5.11. The maximum atomic E-state index is 13.7. The molecular formula is C28H30O3. The Labute approximate surface area is 185 Å². The van der Waals surface area contributed by atoms with Gasteiger partial charge in [0.25, 0.3) is 0 Å². The summed E-state index contributed by atoms with van der Waals surface area (Å²) in [5.41, 5.74) is 2.65. The van der Waals surface area contributed by atoms with Crippen molar-refractivity contribution in [3.8, 4) is 0 Å². The standard InChI is InChI=1S/C28H30O3/c1-4-12-22-18-23(19-25(29)24(13-5-2)28(22)31-3)26(20-14-8-6-9-15-20)27(30)21-16-10-7-11-17-21/h4-11,14-17,23-24,26H,1-2,12-13,18-19H2,3H3/t23-,24-,26+/m0/s1. The van der Waals surface area contributed by atoms with E-state index in [1.165, 1.54) is 0 Å². The molecule has 0 radical (unpaired) electrons. The van der Waals surface area contributed by atoms with E-state index in [0.29, 0.717) is 37.0 Å². The summed E-state index contributed by atoms with van der Waals surface area (Å²) >= 11 is 0. The van der Waals surface area contributed by atoms with E-state index in [4.69, 9.17) is 4.74 Å². The van der Waals surface area contributed by atoms with Crippen LogP contribution in [0, 0.1) is 11.8 Å². The van der Waals surface area contributed by atoms with Crippen LogP contribution < -0.4 is 0 Å². The number of allylic oxidation sites excluding steroid dienone is 4. The average molecular weight is 415 g/mol. The van der Waals surface area contributed by atoms with Crippen molar-refractivity contribution in [2.75, 3.05) is 7.11 Å². The molecule has 0 saturated heterocycles. The molecule has 1 aliphatic rings. The molecule has 2 aromatic rings. The van der Waals surface area contributed by atoms with Crippen LogP contribution in [0.4, 0.5) is 0 Å². The molecule has 1 aliphatic carbocycles. The number of methoxy groups -OCH3 is 1. The first kappa shape index (κ1) is 22.5. The lowest BCUT2D eigenvalue weighted by molar-refractivity contribution is -0.123. The zero-order chi connectivity index (χ0) is 22.2. The Bertz CT molecular complexity index is 956. The van der Waals surface area contributed by atoms with Gasteiger partial charge in [0, 0.05) is 12.0 Å². The van der Waals surface area contributed by atoms with Crippen molar-refractivity contribution < 1.29 is 14.3 Å². The van der Waals surface area contributed by atoms with E-state index < -0.39 is 5.92 Å². The van der Waals surface area contributed by atoms with Crippen molar-refractivity contribution >= 4 is 11.6 Å². The Morgan fingerprint density at radius 2 is 1.68 bits per heavy atom. The number of hydrogen-bond donors (Lipinski definition) is 0. The predicted octanol–water partition coefficient (Wildman–Crippen LogP) is 6.30. The molecule has 0 saturated carbocycles. The van der Waals surface area contributed by atoms with Crippen molar-refractivity contribution in [3.63, 3.8) is 0 Å². The predicted molar refractivity (Wildman–Crippen MR) is 125 cm³/mol. The fourth-order valence-electron chi connectivity index (χ4n) is 4.65. The van der Waals surface area contributed by atoms with E-state index in [9.17, 15) is 9.59 Å².